The third-order valence-electron chi connectivity index (χ3n) is 11.0. The van der Waals surface area contributed by atoms with Gasteiger partial charge in [-0.2, -0.15) is 16.8 Å². The summed E-state index contributed by atoms with van der Waals surface area (Å²) in [6, 6.07) is 7.57. The van der Waals surface area contributed by atoms with Crippen LogP contribution < -0.4 is 0 Å². The highest BCUT2D eigenvalue weighted by molar-refractivity contribution is 7.86. The molecule has 1 aromatic rings. The molecule has 1 aromatic carbocycles. The topological polar surface area (TPSA) is 143 Å². The van der Waals surface area contributed by atoms with Crippen molar-refractivity contribution in [3.05, 3.63) is 41.0 Å². The molecule has 0 radical (unpaired) electrons. The van der Waals surface area contributed by atoms with Gasteiger partial charge in [0.2, 0.25) is 0 Å². The molecule has 4 saturated carbocycles. The third-order valence-corrected chi connectivity index (χ3v) is 12.7. The van der Waals surface area contributed by atoms with Gasteiger partial charge in [0, 0.05) is 11.5 Å². The minimum atomic E-state index is -4.32. The van der Waals surface area contributed by atoms with Gasteiger partial charge in [0.25, 0.3) is 20.2 Å². The molecular weight excluding hydrogens is 528 g/mol. The molecule has 5 unspecified atom stereocenters. The molecule has 5 rings (SSSR count). The molecule has 4 fully saturated rings. The number of carbonyl (C=O) groups excluding carboxylic acids is 2. The van der Waals surface area contributed by atoms with Crippen molar-refractivity contribution in [2.75, 3.05) is 11.5 Å². The highest BCUT2D eigenvalue weighted by Crippen LogP contribution is 2.67. The summed E-state index contributed by atoms with van der Waals surface area (Å²) < 4.78 is 66.2. The van der Waals surface area contributed by atoms with E-state index in [1.165, 1.54) is 0 Å². The highest BCUT2D eigenvalue weighted by atomic mass is 32.2. The number of fused-ring (bicyclic) bond motifs is 4. The van der Waals surface area contributed by atoms with Gasteiger partial charge in [-0.15, -0.1) is 0 Å². The Hall–Kier alpha value is -1.88. The maximum absolute atomic E-state index is 13.5. The van der Waals surface area contributed by atoms with Crippen LogP contribution in [-0.4, -0.2) is 49.0 Å². The Morgan fingerprint density at radius 1 is 0.842 bits per heavy atom. The Balaban J connectivity index is 1.38. The lowest BCUT2D eigenvalue weighted by Crippen LogP contribution is -2.43. The zero-order valence-corrected chi connectivity index (χ0v) is 23.9. The van der Waals surface area contributed by atoms with Gasteiger partial charge in [0.15, 0.2) is 5.78 Å². The predicted octanol–water partition coefficient (Wildman–Crippen LogP) is 4.01. The fourth-order valence-electron chi connectivity index (χ4n) is 8.77. The zero-order valence-electron chi connectivity index (χ0n) is 22.2. The van der Waals surface area contributed by atoms with Crippen LogP contribution in [0, 0.1) is 39.4 Å². The molecule has 0 heterocycles. The van der Waals surface area contributed by atoms with Gasteiger partial charge in [-0.05, 0) is 72.0 Å². The second-order valence-electron chi connectivity index (χ2n) is 13.1. The zero-order chi connectivity index (χ0) is 28.1. The lowest BCUT2D eigenvalue weighted by Gasteiger charge is -2.35. The quantitative estimate of drug-likeness (QED) is 0.374. The minimum Gasteiger partial charge on any atom is -0.299 e. The second-order valence-corrected chi connectivity index (χ2v) is 16.0. The Bertz CT molecular complexity index is 1450. The number of rotatable bonds is 7. The fourth-order valence-corrected chi connectivity index (χ4v) is 11.3. The van der Waals surface area contributed by atoms with E-state index in [-0.39, 0.29) is 29.3 Å². The molecule has 0 saturated heterocycles. The number of allylic oxidation sites excluding steroid dienone is 1. The maximum atomic E-state index is 13.5. The molecule has 10 heteroatoms. The summed E-state index contributed by atoms with van der Waals surface area (Å²) in [5.41, 5.74) is -0.976. The van der Waals surface area contributed by atoms with E-state index in [0.717, 1.165) is 17.5 Å². The van der Waals surface area contributed by atoms with Gasteiger partial charge in [-0.3, -0.25) is 18.7 Å². The summed E-state index contributed by atoms with van der Waals surface area (Å²) in [5.74, 6) is -1.77. The van der Waals surface area contributed by atoms with E-state index in [9.17, 15) is 35.5 Å². The van der Waals surface area contributed by atoms with Crippen molar-refractivity contribution in [2.24, 2.45) is 39.4 Å². The van der Waals surface area contributed by atoms with Gasteiger partial charge in [0.05, 0.1) is 22.3 Å². The summed E-state index contributed by atoms with van der Waals surface area (Å²) in [6.45, 7) is 7.68. The molecule has 208 valence electrons. The summed E-state index contributed by atoms with van der Waals surface area (Å²) in [4.78, 5) is 26.9. The van der Waals surface area contributed by atoms with Crippen LogP contribution in [0.1, 0.15) is 64.5 Å². The summed E-state index contributed by atoms with van der Waals surface area (Å²) in [5, 5.41) is 0. The van der Waals surface area contributed by atoms with Crippen molar-refractivity contribution in [1.82, 2.24) is 0 Å². The monoisotopic (exact) mass is 564 g/mol. The molecule has 4 aliphatic carbocycles. The minimum absolute atomic E-state index is 0.0337. The Labute approximate surface area is 224 Å². The van der Waals surface area contributed by atoms with Crippen molar-refractivity contribution < 1.29 is 35.5 Å². The van der Waals surface area contributed by atoms with E-state index in [4.69, 9.17) is 0 Å². The van der Waals surface area contributed by atoms with Gasteiger partial charge in [-0.25, -0.2) is 0 Å². The van der Waals surface area contributed by atoms with E-state index in [1.807, 2.05) is 58.0 Å². The molecule has 0 aliphatic heterocycles. The summed E-state index contributed by atoms with van der Waals surface area (Å²) in [6.07, 6.45) is 4.63. The standard InChI is InChI=1S/C28H36O8S2/c1-25(2)21-9-11-27(25,15-37(31,32)33)23(29)19(21)13-17-5-7-18(8-6-17)14-20-22-10-12-28(24(20)30,26(22,3)4)16-38(34,35)36/h5-8,13,20-22H,9-12,14-16H2,1-4H3,(H,31,32,33)(H,34,35,36)/b19-13-. The van der Waals surface area contributed by atoms with E-state index < -0.39 is 53.4 Å². The molecule has 5 atom stereocenters. The summed E-state index contributed by atoms with van der Waals surface area (Å²) >= 11 is 0. The highest BCUT2D eigenvalue weighted by Gasteiger charge is 2.69. The van der Waals surface area contributed by atoms with Crippen LogP contribution >= 0.6 is 0 Å². The molecule has 4 aliphatic rings. The van der Waals surface area contributed by atoms with Crippen LogP contribution in [-0.2, 0) is 36.2 Å². The molecule has 8 nitrogen and oxygen atoms in total. The van der Waals surface area contributed by atoms with Crippen molar-refractivity contribution >= 4 is 37.9 Å². The van der Waals surface area contributed by atoms with Crippen molar-refractivity contribution in [2.45, 2.75) is 59.8 Å². The average Bonchev–Trinajstić information content (AvgIpc) is 3.27. The lowest BCUT2D eigenvalue weighted by atomic mass is 9.70. The SMILES string of the molecule is CC1(C)C2CCC1(CS(=O)(=O)O)C(=O)/C2=C\c1ccc(CC2C(=O)C3(CS(=O)(=O)O)CCC2C3(C)C)cc1. The Kier molecular flexibility index (Phi) is 6.06. The van der Waals surface area contributed by atoms with E-state index in [0.29, 0.717) is 31.3 Å². The van der Waals surface area contributed by atoms with Crippen molar-refractivity contribution in [3.8, 4) is 0 Å². The smallest absolute Gasteiger partial charge is 0.265 e. The van der Waals surface area contributed by atoms with E-state index in [1.54, 1.807) is 0 Å². The Morgan fingerprint density at radius 2 is 1.39 bits per heavy atom. The number of hydrogen-bond acceptors (Lipinski definition) is 6. The molecule has 4 bridgehead atoms. The number of benzene rings is 1. The van der Waals surface area contributed by atoms with Crippen LogP contribution in [0.3, 0.4) is 0 Å². The molecule has 38 heavy (non-hydrogen) atoms. The first-order chi connectivity index (χ1) is 17.3. The number of carbonyl (C=O) groups is 2. The normalized spacial score (nSPS) is 36.5. The second kappa shape index (κ2) is 8.32. The van der Waals surface area contributed by atoms with Gasteiger partial charge >= 0.3 is 0 Å². The first-order valence-corrected chi connectivity index (χ1v) is 16.4. The first-order valence-electron chi connectivity index (χ1n) is 13.1. The third kappa shape index (κ3) is 3.89. The lowest BCUT2D eigenvalue weighted by molar-refractivity contribution is -0.131. The van der Waals surface area contributed by atoms with Crippen LogP contribution in [0.4, 0.5) is 0 Å². The van der Waals surface area contributed by atoms with Crippen molar-refractivity contribution in [3.63, 3.8) is 0 Å². The van der Waals surface area contributed by atoms with Gasteiger partial charge in [-0.1, -0.05) is 52.0 Å². The van der Waals surface area contributed by atoms with Crippen LogP contribution in [0.15, 0.2) is 29.8 Å². The fraction of sp³-hybridized carbons (Fsp3) is 0.643. The van der Waals surface area contributed by atoms with Crippen LogP contribution in [0.5, 0.6) is 0 Å². The maximum Gasteiger partial charge on any atom is 0.265 e. The first kappa shape index (κ1) is 27.7. The average molecular weight is 565 g/mol. The Morgan fingerprint density at radius 3 is 1.97 bits per heavy atom. The molecular formula is C28H36O8S2. The molecule has 0 aromatic heterocycles. The van der Waals surface area contributed by atoms with Crippen LogP contribution in [0.25, 0.3) is 6.08 Å². The van der Waals surface area contributed by atoms with Gasteiger partial charge in [0.1, 0.15) is 5.78 Å². The predicted molar refractivity (Wildman–Crippen MR) is 142 cm³/mol. The number of hydrogen-bond donors (Lipinski definition) is 2. The largest absolute Gasteiger partial charge is 0.299 e. The van der Waals surface area contributed by atoms with Gasteiger partial charge < -0.3 is 0 Å². The van der Waals surface area contributed by atoms with E-state index in [2.05, 4.69) is 0 Å². The van der Waals surface area contributed by atoms with E-state index >= 15 is 0 Å². The number of ketones is 2. The van der Waals surface area contributed by atoms with Crippen molar-refractivity contribution in [1.29, 1.82) is 0 Å². The summed E-state index contributed by atoms with van der Waals surface area (Å²) in [7, 11) is -8.63. The molecule has 2 N–H and O–H groups in total. The van der Waals surface area contributed by atoms with Crippen LogP contribution in [0.2, 0.25) is 0 Å². The molecule has 0 spiro atoms. The number of Topliss-reactive ketones (excluding diaryl/α,β-unsaturated/α-hetero) is 2. The molecule has 0 amide bonds.